The number of halogens is 3. The average Bonchev–Trinajstić information content (AvgIpc) is 3.09. The molecule has 0 radical (unpaired) electrons. The lowest BCUT2D eigenvalue weighted by molar-refractivity contribution is -0.137. The number of carbonyl (C=O) groups is 2. The van der Waals surface area contributed by atoms with Gasteiger partial charge in [-0.05, 0) is 42.5 Å². The number of benzene rings is 2. The van der Waals surface area contributed by atoms with Crippen molar-refractivity contribution in [2.24, 2.45) is 0 Å². The summed E-state index contributed by atoms with van der Waals surface area (Å²) >= 11 is 0. The van der Waals surface area contributed by atoms with E-state index in [1.165, 1.54) is 24.1 Å². The molecule has 1 fully saturated rings. The molecule has 2 aliphatic heterocycles. The zero-order valence-corrected chi connectivity index (χ0v) is 15.6. The lowest BCUT2D eigenvalue weighted by Gasteiger charge is -2.34. The number of carbonyl (C=O) groups excluding carboxylic acids is 2. The smallest absolute Gasteiger partial charge is 0.416 e. The highest BCUT2D eigenvalue weighted by molar-refractivity contribution is 6.01. The molecule has 152 valence electrons. The predicted molar refractivity (Wildman–Crippen MR) is 97.3 cm³/mol. The lowest BCUT2D eigenvalue weighted by Crippen LogP contribution is -2.45. The van der Waals surface area contributed by atoms with E-state index < -0.39 is 17.3 Å². The highest BCUT2D eigenvalue weighted by Crippen LogP contribution is 2.40. The molecule has 2 aromatic rings. The van der Waals surface area contributed by atoms with E-state index in [1.807, 2.05) is 0 Å². The van der Waals surface area contributed by atoms with Gasteiger partial charge < -0.3 is 14.4 Å². The monoisotopic (exact) mass is 405 g/mol. The molecule has 1 amide bonds. The van der Waals surface area contributed by atoms with E-state index in [9.17, 15) is 22.8 Å². The summed E-state index contributed by atoms with van der Waals surface area (Å²) in [5, 5.41) is 0. The van der Waals surface area contributed by atoms with E-state index in [-0.39, 0.29) is 30.2 Å². The summed E-state index contributed by atoms with van der Waals surface area (Å²) in [5.74, 6) is 0.536. The second-order valence-corrected chi connectivity index (χ2v) is 7.30. The molecule has 2 aliphatic rings. The Hall–Kier alpha value is -3.03. The largest absolute Gasteiger partial charge is 0.497 e. The van der Waals surface area contributed by atoms with Crippen LogP contribution in [0.1, 0.15) is 39.1 Å². The zero-order chi connectivity index (χ0) is 20.8. The second-order valence-electron chi connectivity index (χ2n) is 7.30. The summed E-state index contributed by atoms with van der Waals surface area (Å²) in [6.07, 6.45) is -3.85. The minimum absolute atomic E-state index is 0.0889. The Balaban J connectivity index is 1.51. The third-order valence-electron chi connectivity index (χ3n) is 5.36. The van der Waals surface area contributed by atoms with Crippen LogP contribution in [0, 0.1) is 0 Å². The molecule has 0 aromatic heterocycles. The molecule has 29 heavy (non-hydrogen) atoms. The van der Waals surface area contributed by atoms with Crippen LogP contribution in [-0.2, 0) is 6.18 Å². The van der Waals surface area contributed by atoms with Gasteiger partial charge in [-0.1, -0.05) is 0 Å². The first-order valence-corrected chi connectivity index (χ1v) is 9.08. The number of ether oxygens (including phenoxy) is 2. The summed E-state index contributed by atoms with van der Waals surface area (Å²) in [6.45, 7) is 0.558. The molecular formula is C21H18F3NO4. The lowest BCUT2D eigenvalue weighted by atomic mass is 9.89. The molecule has 0 bridgehead atoms. The molecule has 1 unspecified atom stereocenters. The summed E-state index contributed by atoms with van der Waals surface area (Å²) in [5.41, 5.74) is -1.01. The maximum Gasteiger partial charge on any atom is 0.416 e. The van der Waals surface area contributed by atoms with Gasteiger partial charge in [0.15, 0.2) is 5.78 Å². The number of alkyl halides is 3. The normalized spacial score (nSPS) is 21.1. The molecule has 5 nitrogen and oxygen atoms in total. The Morgan fingerprint density at radius 2 is 1.90 bits per heavy atom. The van der Waals surface area contributed by atoms with Crippen LogP contribution in [0.2, 0.25) is 0 Å². The molecule has 2 aromatic carbocycles. The SMILES string of the molecule is COc1ccc2c(c1)C(=O)CC1(CCN(C(=O)c3ccc(C(F)(F)F)cc3)C1)O2. The molecule has 4 rings (SSSR count). The van der Waals surface area contributed by atoms with Crippen LogP contribution in [-0.4, -0.2) is 42.4 Å². The van der Waals surface area contributed by atoms with Crippen molar-refractivity contribution in [3.63, 3.8) is 0 Å². The number of hydrogen-bond acceptors (Lipinski definition) is 4. The van der Waals surface area contributed by atoms with Gasteiger partial charge >= 0.3 is 6.18 Å². The van der Waals surface area contributed by atoms with Crippen molar-refractivity contribution in [1.29, 1.82) is 0 Å². The minimum atomic E-state index is -4.45. The van der Waals surface area contributed by atoms with Crippen molar-refractivity contribution in [2.75, 3.05) is 20.2 Å². The van der Waals surface area contributed by atoms with Crippen LogP contribution in [0.5, 0.6) is 11.5 Å². The Labute approximate surface area is 165 Å². The highest BCUT2D eigenvalue weighted by atomic mass is 19.4. The van der Waals surface area contributed by atoms with Gasteiger partial charge in [0.1, 0.15) is 17.1 Å². The Kier molecular flexibility index (Phi) is 4.52. The van der Waals surface area contributed by atoms with E-state index in [2.05, 4.69) is 0 Å². The minimum Gasteiger partial charge on any atom is -0.497 e. The van der Waals surface area contributed by atoms with Crippen molar-refractivity contribution in [2.45, 2.75) is 24.6 Å². The van der Waals surface area contributed by atoms with Crippen molar-refractivity contribution in [1.82, 2.24) is 4.90 Å². The molecule has 1 saturated heterocycles. The highest BCUT2D eigenvalue weighted by Gasteiger charge is 2.47. The van der Waals surface area contributed by atoms with Gasteiger partial charge in [-0.2, -0.15) is 13.2 Å². The molecular weight excluding hydrogens is 387 g/mol. The summed E-state index contributed by atoms with van der Waals surface area (Å²) < 4.78 is 49.4. The first-order valence-electron chi connectivity index (χ1n) is 9.08. The number of Topliss-reactive ketones (excluding diaryl/α,β-unsaturated/α-hetero) is 1. The molecule has 1 spiro atoms. The maximum absolute atomic E-state index is 12.7. The number of fused-ring (bicyclic) bond motifs is 1. The quantitative estimate of drug-likeness (QED) is 0.759. The number of likely N-dealkylation sites (tertiary alicyclic amines) is 1. The molecule has 2 heterocycles. The zero-order valence-electron chi connectivity index (χ0n) is 15.6. The second kappa shape index (κ2) is 6.79. The van der Waals surface area contributed by atoms with Gasteiger partial charge in [-0.25, -0.2) is 0 Å². The third-order valence-corrected chi connectivity index (χ3v) is 5.36. The van der Waals surface area contributed by atoms with Crippen LogP contribution in [0.3, 0.4) is 0 Å². The first-order chi connectivity index (χ1) is 13.7. The molecule has 8 heteroatoms. The topological polar surface area (TPSA) is 55.8 Å². The van der Waals surface area contributed by atoms with E-state index in [0.717, 1.165) is 12.1 Å². The predicted octanol–water partition coefficient (Wildman–Crippen LogP) is 3.96. The number of nitrogens with zero attached hydrogens (tertiary/aromatic N) is 1. The molecule has 0 aliphatic carbocycles. The molecule has 0 saturated carbocycles. The van der Waals surface area contributed by atoms with Crippen LogP contribution in [0.4, 0.5) is 13.2 Å². The maximum atomic E-state index is 12.7. The van der Waals surface area contributed by atoms with E-state index in [1.54, 1.807) is 18.2 Å². The Morgan fingerprint density at radius 1 is 1.17 bits per heavy atom. The fraction of sp³-hybridized carbons (Fsp3) is 0.333. The standard InChI is InChI=1S/C21H18F3NO4/c1-28-15-6-7-18-16(10-15)17(26)11-20(29-18)8-9-25(12-20)19(27)13-2-4-14(5-3-13)21(22,23)24/h2-7,10H,8-9,11-12H2,1H3. The Morgan fingerprint density at radius 3 is 2.55 bits per heavy atom. The number of ketones is 1. The van der Waals surface area contributed by atoms with Gasteiger partial charge in [-0.15, -0.1) is 0 Å². The fourth-order valence-corrected chi connectivity index (χ4v) is 3.83. The van der Waals surface area contributed by atoms with E-state index in [0.29, 0.717) is 30.0 Å². The number of rotatable bonds is 2. The van der Waals surface area contributed by atoms with Crippen LogP contribution < -0.4 is 9.47 Å². The third kappa shape index (κ3) is 3.54. The average molecular weight is 405 g/mol. The van der Waals surface area contributed by atoms with Gasteiger partial charge in [-0.3, -0.25) is 9.59 Å². The van der Waals surface area contributed by atoms with Crippen molar-refractivity contribution in [3.05, 3.63) is 59.2 Å². The van der Waals surface area contributed by atoms with Gasteiger partial charge in [0.2, 0.25) is 0 Å². The summed E-state index contributed by atoms with van der Waals surface area (Å²) in [7, 11) is 1.51. The number of hydrogen-bond donors (Lipinski definition) is 0. The van der Waals surface area contributed by atoms with Crippen LogP contribution >= 0.6 is 0 Å². The van der Waals surface area contributed by atoms with Gasteiger partial charge in [0, 0.05) is 18.5 Å². The summed E-state index contributed by atoms with van der Waals surface area (Å²) in [4.78, 5) is 26.9. The van der Waals surface area contributed by atoms with Gasteiger partial charge in [0.05, 0.1) is 31.2 Å². The molecule has 1 atom stereocenters. The number of amides is 1. The van der Waals surface area contributed by atoms with Crippen LogP contribution in [0.25, 0.3) is 0 Å². The van der Waals surface area contributed by atoms with E-state index >= 15 is 0 Å². The first kappa shape index (κ1) is 19.3. The van der Waals surface area contributed by atoms with Crippen molar-refractivity contribution < 1.29 is 32.2 Å². The molecule has 0 N–H and O–H groups in total. The Bertz CT molecular complexity index is 971. The summed E-state index contributed by atoms with van der Waals surface area (Å²) in [6, 6.07) is 9.13. The number of methoxy groups -OCH3 is 1. The van der Waals surface area contributed by atoms with Crippen molar-refractivity contribution in [3.8, 4) is 11.5 Å². The van der Waals surface area contributed by atoms with Crippen LogP contribution in [0.15, 0.2) is 42.5 Å². The van der Waals surface area contributed by atoms with Crippen molar-refractivity contribution >= 4 is 11.7 Å². The van der Waals surface area contributed by atoms with Gasteiger partial charge in [0.25, 0.3) is 5.91 Å². The fourth-order valence-electron chi connectivity index (χ4n) is 3.83. The van der Waals surface area contributed by atoms with E-state index in [4.69, 9.17) is 9.47 Å².